The first kappa shape index (κ1) is 15.2. The number of carbonyl (C=O) groups excluding carboxylic acids is 1. The van der Waals surface area contributed by atoms with Gasteiger partial charge >= 0.3 is 0 Å². The van der Waals surface area contributed by atoms with E-state index in [2.05, 4.69) is 5.32 Å². The largest absolute Gasteiger partial charge is 0.497 e. The van der Waals surface area contributed by atoms with E-state index < -0.39 is 0 Å². The monoisotopic (exact) mass is 305 g/mol. The van der Waals surface area contributed by atoms with Crippen molar-refractivity contribution in [3.63, 3.8) is 0 Å². The topological polar surface area (TPSA) is 47.6 Å². The molecule has 2 rings (SSSR count). The van der Waals surface area contributed by atoms with Crippen LogP contribution in [-0.2, 0) is 0 Å². The van der Waals surface area contributed by atoms with E-state index in [9.17, 15) is 4.79 Å². The van der Waals surface area contributed by atoms with Crippen LogP contribution in [-0.4, -0.2) is 19.6 Å². The molecule has 21 heavy (non-hydrogen) atoms. The second-order valence-electron chi connectivity index (χ2n) is 4.26. The SMILES string of the molecule is CCOc1ccc(C(=O)Nc2ccc(OC)cc2)cc1Cl. The van der Waals surface area contributed by atoms with Gasteiger partial charge in [-0.15, -0.1) is 0 Å². The minimum atomic E-state index is -0.231. The Morgan fingerprint density at radius 1 is 1.19 bits per heavy atom. The summed E-state index contributed by atoms with van der Waals surface area (Å²) in [5.41, 5.74) is 1.16. The van der Waals surface area contributed by atoms with Crippen molar-refractivity contribution in [2.45, 2.75) is 6.92 Å². The van der Waals surface area contributed by atoms with Crippen molar-refractivity contribution in [1.29, 1.82) is 0 Å². The van der Waals surface area contributed by atoms with Gasteiger partial charge in [0.15, 0.2) is 0 Å². The van der Waals surface area contributed by atoms with E-state index >= 15 is 0 Å². The van der Waals surface area contributed by atoms with Gasteiger partial charge in [0.25, 0.3) is 5.91 Å². The van der Waals surface area contributed by atoms with Crippen molar-refractivity contribution in [3.8, 4) is 11.5 Å². The molecule has 0 aliphatic carbocycles. The van der Waals surface area contributed by atoms with Crippen molar-refractivity contribution < 1.29 is 14.3 Å². The zero-order valence-electron chi connectivity index (χ0n) is 11.9. The fraction of sp³-hybridized carbons (Fsp3) is 0.188. The van der Waals surface area contributed by atoms with Crippen LogP contribution in [0.3, 0.4) is 0 Å². The van der Waals surface area contributed by atoms with Gasteiger partial charge in [-0.1, -0.05) is 11.6 Å². The molecule has 0 aliphatic heterocycles. The number of benzene rings is 2. The predicted octanol–water partition coefficient (Wildman–Crippen LogP) is 4.00. The first-order valence-corrected chi connectivity index (χ1v) is 6.89. The van der Waals surface area contributed by atoms with Crippen molar-refractivity contribution in [3.05, 3.63) is 53.1 Å². The van der Waals surface area contributed by atoms with Gasteiger partial charge in [-0.3, -0.25) is 4.79 Å². The molecule has 0 aliphatic rings. The van der Waals surface area contributed by atoms with Gasteiger partial charge in [-0.2, -0.15) is 0 Å². The summed E-state index contributed by atoms with van der Waals surface area (Å²) >= 11 is 6.07. The molecule has 0 atom stereocenters. The van der Waals surface area contributed by atoms with Gasteiger partial charge < -0.3 is 14.8 Å². The van der Waals surface area contributed by atoms with Crippen molar-refractivity contribution >= 4 is 23.2 Å². The van der Waals surface area contributed by atoms with Crippen LogP contribution in [0.2, 0.25) is 5.02 Å². The van der Waals surface area contributed by atoms with Crippen molar-refractivity contribution in [1.82, 2.24) is 0 Å². The molecule has 2 aromatic carbocycles. The number of ether oxygens (including phenoxy) is 2. The second kappa shape index (κ2) is 6.99. The number of hydrogen-bond acceptors (Lipinski definition) is 3. The first-order valence-electron chi connectivity index (χ1n) is 6.51. The molecule has 110 valence electrons. The van der Waals surface area contributed by atoms with Gasteiger partial charge in [0.1, 0.15) is 11.5 Å². The van der Waals surface area contributed by atoms with E-state index in [1.54, 1.807) is 49.6 Å². The highest BCUT2D eigenvalue weighted by Gasteiger charge is 2.09. The molecule has 0 spiro atoms. The Morgan fingerprint density at radius 2 is 1.90 bits per heavy atom. The van der Waals surface area contributed by atoms with Gasteiger partial charge in [0, 0.05) is 11.3 Å². The number of carbonyl (C=O) groups is 1. The smallest absolute Gasteiger partial charge is 0.255 e. The van der Waals surface area contributed by atoms with Crippen LogP contribution in [0.1, 0.15) is 17.3 Å². The molecule has 0 saturated carbocycles. The Labute approximate surface area is 128 Å². The fourth-order valence-electron chi connectivity index (χ4n) is 1.79. The maximum atomic E-state index is 12.1. The van der Waals surface area contributed by atoms with Gasteiger partial charge in [0.2, 0.25) is 0 Å². The van der Waals surface area contributed by atoms with Gasteiger partial charge in [0.05, 0.1) is 18.7 Å². The van der Waals surface area contributed by atoms with Crippen LogP contribution in [0.4, 0.5) is 5.69 Å². The summed E-state index contributed by atoms with van der Waals surface area (Å²) in [4.78, 5) is 12.1. The third kappa shape index (κ3) is 3.89. The molecular weight excluding hydrogens is 290 g/mol. The van der Waals surface area contributed by atoms with Crippen LogP contribution in [0.5, 0.6) is 11.5 Å². The molecule has 1 amide bonds. The lowest BCUT2D eigenvalue weighted by Gasteiger charge is -2.09. The van der Waals surface area contributed by atoms with E-state index in [4.69, 9.17) is 21.1 Å². The lowest BCUT2D eigenvalue weighted by Crippen LogP contribution is -2.11. The molecule has 0 radical (unpaired) electrons. The average molecular weight is 306 g/mol. The van der Waals surface area contributed by atoms with E-state index in [0.29, 0.717) is 28.6 Å². The number of methoxy groups -OCH3 is 1. The zero-order valence-corrected chi connectivity index (χ0v) is 12.6. The summed E-state index contributed by atoms with van der Waals surface area (Å²) < 4.78 is 10.4. The summed E-state index contributed by atoms with van der Waals surface area (Å²) in [5, 5.41) is 3.21. The highest BCUT2D eigenvalue weighted by Crippen LogP contribution is 2.26. The zero-order chi connectivity index (χ0) is 15.2. The molecule has 5 heteroatoms. The highest BCUT2D eigenvalue weighted by molar-refractivity contribution is 6.32. The minimum Gasteiger partial charge on any atom is -0.497 e. The van der Waals surface area contributed by atoms with Crippen LogP contribution in [0.15, 0.2) is 42.5 Å². The number of anilines is 1. The Kier molecular flexibility index (Phi) is 5.06. The predicted molar refractivity (Wildman–Crippen MR) is 83.6 cm³/mol. The summed E-state index contributed by atoms with van der Waals surface area (Å²) in [5.74, 6) is 1.07. The molecule has 0 unspecified atom stereocenters. The summed E-state index contributed by atoms with van der Waals surface area (Å²) in [6, 6.07) is 12.1. The quantitative estimate of drug-likeness (QED) is 0.908. The van der Waals surface area contributed by atoms with E-state index in [-0.39, 0.29) is 5.91 Å². The average Bonchev–Trinajstić information content (AvgIpc) is 2.50. The molecule has 0 bridgehead atoms. The standard InChI is InChI=1S/C16H16ClNO3/c1-3-21-15-9-4-11(10-14(15)17)16(19)18-12-5-7-13(20-2)8-6-12/h4-10H,3H2,1-2H3,(H,18,19). The number of amides is 1. The molecule has 4 nitrogen and oxygen atoms in total. The van der Waals surface area contributed by atoms with Crippen molar-refractivity contribution in [2.24, 2.45) is 0 Å². The summed E-state index contributed by atoms with van der Waals surface area (Å²) in [7, 11) is 1.59. The molecule has 2 aromatic rings. The lowest BCUT2D eigenvalue weighted by atomic mass is 10.2. The molecule has 0 heterocycles. The highest BCUT2D eigenvalue weighted by atomic mass is 35.5. The molecule has 0 fully saturated rings. The van der Waals surface area contributed by atoms with Gasteiger partial charge in [-0.25, -0.2) is 0 Å². The normalized spacial score (nSPS) is 10.0. The maximum absolute atomic E-state index is 12.1. The third-order valence-corrected chi connectivity index (χ3v) is 3.14. The summed E-state index contributed by atoms with van der Waals surface area (Å²) in [6.07, 6.45) is 0. The number of halogens is 1. The van der Waals surface area contributed by atoms with Crippen LogP contribution in [0, 0.1) is 0 Å². The fourth-order valence-corrected chi connectivity index (χ4v) is 2.03. The molecule has 0 saturated heterocycles. The Hall–Kier alpha value is -2.20. The second-order valence-corrected chi connectivity index (χ2v) is 4.67. The van der Waals surface area contributed by atoms with Crippen LogP contribution >= 0.6 is 11.6 Å². The summed E-state index contributed by atoms with van der Waals surface area (Å²) in [6.45, 7) is 2.40. The van der Waals surface area contributed by atoms with Crippen LogP contribution in [0.25, 0.3) is 0 Å². The number of hydrogen-bond donors (Lipinski definition) is 1. The van der Waals surface area contributed by atoms with Crippen molar-refractivity contribution in [2.75, 3.05) is 19.0 Å². The molecule has 0 aromatic heterocycles. The Morgan fingerprint density at radius 3 is 2.48 bits per heavy atom. The minimum absolute atomic E-state index is 0.231. The number of nitrogens with one attached hydrogen (secondary N) is 1. The lowest BCUT2D eigenvalue weighted by molar-refractivity contribution is 0.102. The Bertz CT molecular complexity index is 626. The first-order chi connectivity index (χ1) is 10.1. The van der Waals surface area contributed by atoms with E-state index in [1.165, 1.54) is 0 Å². The molecule has 1 N–H and O–H groups in total. The third-order valence-electron chi connectivity index (χ3n) is 2.84. The van der Waals surface area contributed by atoms with Gasteiger partial charge in [-0.05, 0) is 49.4 Å². The van der Waals surface area contributed by atoms with E-state index in [1.807, 2.05) is 6.92 Å². The van der Waals surface area contributed by atoms with Crippen LogP contribution < -0.4 is 14.8 Å². The number of rotatable bonds is 5. The Balaban J connectivity index is 2.10. The van der Waals surface area contributed by atoms with E-state index in [0.717, 1.165) is 5.75 Å². The molecular formula is C16H16ClNO3. The maximum Gasteiger partial charge on any atom is 0.255 e.